The molecule has 0 bridgehead atoms. The van der Waals surface area contributed by atoms with Crippen molar-refractivity contribution in [2.75, 3.05) is 10.6 Å². The molecule has 0 aromatic heterocycles. The van der Waals surface area contributed by atoms with Crippen molar-refractivity contribution in [1.82, 2.24) is 0 Å². The van der Waals surface area contributed by atoms with Crippen LogP contribution >= 0.6 is 0 Å². The Morgan fingerprint density at radius 2 is 1.33 bits per heavy atom. The van der Waals surface area contributed by atoms with E-state index in [0.717, 1.165) is 17.8 Å². The molecule has 2 heteroatoms. The molecule has 3 aromatic carbocycles. The smallest absolute Gasteiger partial charge is 0.0620 e. The third-order valence-electron chi connectivity index (χ3n) is 4.89. The highest BCUT2D eigenvalue weighted by Gasteiger charge is 2.34. The molecule has 120 valence electrons. The largest absolute Gasteiger partial charge is 0.376 e. The van der Waals surface area contributed by atoms with Crippen LogP contribution in [-0.4, -0.2) is 0 Å². The summed E-state index contributed by atoms with van der Waals surface area (Å²) in [5.74, 6) is 0. The fraction of sp³-hybridized carbons (Fsp3) is 0.182. The van der Waals surface area contributed by atoms with Crippen molar-refractivity contribution < 1.29 is 0 Å². The summed E-state index contributed by atoms with van der Waals surface area (Å²) in [5.41, 5.74) is 4.80. The molecule has 24 heavy (non-hydrogen) atoms. The molecule has 0 amide bonds. The maximum absolute atomic E-state index is 3.79. The van der Waals surface area contributed by atoms with E-state index in [-0.39, 0.29) is 11.6 Å². The van der Waals surface area contributed by atoms with Gasteiger partial charge in [-0.3, -0.25) is 0 Å². The number of hydrogen-bond donors (Lipinski definition) is 2. The van der Waals surface area contributed by atoms with Gasteiger partial charge in [-0.2, -0.15) is 0 Å². The quantitative estimate of drug-likeness (QED) is 0.646. The summed E-state index contributed by atoms with van der Waals surface area (Å²) in [4.78, 5) is 0. The first-order chi connectivity index (χ1) is 11.7. The predicted octanol–water partition coefficient (Wildman–Crippen LogP) is 5.57. The van der Waals surface area contributed by atoms with Crippen molar-refractivity contribution in [2.24, 2.45) is 0 Å². The average Bonchev–Trinajstić information content (AvgIpc) is 2.80. The van der Waals surface area contributed by atoms with Gasteiger partial charge in [-0.25, -0.2) is 0 Å². The molecule has 2 N–H and O–H groups in total. The van der Waals surface area contributed by atoms with E-state index in [0.29, 0.717) is 0 Å². The SMILES string of the molecule is CC1(c2ccccc2)CC(c2ccccc2)Nc2ccccc2N1. The van der Waals surface area contributed by atoms with Gasteiger partial charge in [0.05, 0.1) is 23.0 Å². The van der Waals surface area contributed by atoms with Gasteiger partial charge < -0.3 is 10.6 Å². The minimum absolute atomic E-state index is 0.138. The third-order valence-corrected chi connectivity index (χ3v) is 4.89. The number of fused-ring (bicyclic) bond motifs is 1. The maximum atomic E-state index is 3.79. The van der Waals surface area contributed by atoms with Gasteiger partial charge in [0.2, 0.25) is 0 Å². The topological polar surface area (TPSA) is 24.1 Å². The Morgan fingerprint density at radius 3 is 2.04 bits per heavy atom. The zero-order valence-corrected chi connectivity index (χ0v) is 13.9. The minimum atomic E-state index is -0.138. The number of anilines is 2. The van der Waals surface area contributed by atoms with E-state index in [9.17, 15) is 0 Å². The van der Waals surface area contributed by atoms with E-state index in [4.69, 9.17) is 0 Å². The first-order valence-electron chi connectivity index (χ1n) is 8.49. The molecule has 4 rings (SSSR count). The minimum Gasteiger partial charge on any atom is -0.376 e. The van der Waals surface area contributed by atoms with E-state index < -0.39 is 0 Å². The molecule has 3 aromatic rings. The summed E-state index contributed by atoms with van der Waals surface area (Å²) in [6.45, 7) is 2.29. The maximum Gasteiger partial charge on any atom is 0.0620 e. The summed E-state index contributed by atoms with van der Waals surface area (Å²) in [6.07, 6.45) is 0.968. The van der Waals surface area contributed by atoms with Crippen LogP contribution in [0.4, 0.5) is 11.4 Å². The molecule has 0 radical (unpaired) electrons. The van der Waals surface area contributed by atoms with Crippen LogP contribution in [0, 0.1) is 0 Å². The molecule has 2 unspecified atom stereocenters. The molecule has 0 saturated carbocycles. The van der Waals surface area contributed by atoms with Gasteiger partial charge in [0, 0.05) is 0 Å². The van der Waals surface area contributed by atoms with Gasteiger partial charge in [-0.1, -0.05) is 72.8 Å². The van der Waals surface area contributed by atoms with E-state index in [1.165, 1.54) is 11.1 Å². The zero-order chi connectivity index (χ0) is 16.4. The second-order valence-corrected chi connectivity index (χ2v) is 6.68. The van der Waals surface area contributed by atoms with Gasteiger partial charge in [-0.15, -0.1) is 0 Å². The summed E-state index contributed by atoms with van der Waals surface area (Å²) in [5, 5.41) is 7.53. The second kappa shape index (κ2) is 6.04. The fourth-order valence-electron chi connectivity index (χ4n) is 3.60. The first-order valence-corrected chi connectivity index (χ1v) is 8.49. The van der Waals surface area contributed by atoms with Crippen LogP contribution < -0.4 is 10.6 Å². The number of para-hydroxylation sites is 2. The Labute approximate surface area is 143 Å². The summed E-state index contributed by atoms with van der Waals surface area (Å²) < 4.78 is 0. The number of hydrogen-bond acceptors (Lipinski definition) is 2. The van der Waals surface area contributed by atoms with E-state index in [1.54, 1.807) is 0 Å². The molecular weight excluding hydrogens is 292 g/mol. The Kier molecular flexibility index (Phi) is 3.73. The van der Waals surface area contributed by atoms with Crippen molar-refractivity contribution in [3.63, 3.8) is 0 Å². The number of benzene rings is 3. The summed E-state index contributed by atoms with van der Waals surface area (Å²) >= 11 is 0. The Bertz CT molecular complexity index is 814. The number of nitrogens with one attached hydrogen (secondary N) is 2. The standard InChI is InChI=1S/C22H22N2/c1-22(18-12-6-3-7-13-18)16-21(17-10-4-2-5-11-17)23-19-14-8-9-15-20(19)24-22/h2-15,21,23-24H,16H2,1H3. The molecule has 2 atom stereocenters. The van der Waals surface area contributed by atoms with Gasteiger partial charge in [0.25, 0.3) is 0 Å². The first kappa shape index (κ1) is 14.8. The van der Waals surface area contributed by atoms with Crippen LogP contribution in [-0.2, 0) is 5.54 Å². The molecular formula is C22H22N2. The second-order valence-electron chi connectivity index (χ2n) is 6.68. The van der Waals surface area contributed by atoms with Crippen LogP contribution in [0.15, 0.2) is 84.9 Å². The zero-order valence-electron chi connectivity index (χ0n) is 13.9. The molecule has 2 nitrogen and oxygen atoms in total. The average molecular weight is 314 g/mol. The van der Waals surface area contributed by atoms with Gasteiger partial charge in [-0.05, 0) is 36.6 Å². The molecule has 1 aliphatic heterocycles. The molecule has 0 spiro atoms. The van der Waals surface area contributed by atoms with E-state index in [2.05, 4.69) is 102 Å². The summed E-state index contributed by atoms with van der Waals surface area (Å²) in [6, 6.07) is 30.2. The molecule has 0 saturated heterocycles. The normalized spacial score (nSPS) is 22.6. The van der Waals surface area contributed by atoms with Crippen LogP contribution in [0.2, 0.25) is 0 Å². The lowest BCUT2D eigenvalue weighted by atomic mass is 9.84. The summed E-state index contributed by atoms with van der Waals surface area (Å²) in [7, 11) is 0. The van der Waals surface area contributed by atoms with Crippen molar-refractivity contribution >= 4 is 11.4 Å². The number of rotatable bonds is 2. The molecule has 1 aliphatic rings. The highest BCUT2D eigenvalue weighted by molar-refractivity contribution is 5.71. The Hall–Kier alpha value is -2.74. The third kappa shape index (κ3) is 2.76. The lowest BCUT2D eigenvalue weighted by molar-refractivity contribution is 0.464. The van der Waals surface area contributed by atoms with Crippen LogP contribution in [0.3, 0.4) is 0 Å². The highest BCUT2D eigenvalue weighted by atomic mass is 15.1. The van der Waals surface area contributed by atoms with E-state index >= 15 is 0 Å². The monoisotopic (exact) mass is 314 g/mol. The molecule has 1 heterocycles. The highest BCUT2D eigenvalue weighted by Crippen LogP contribution is 2.42. The van der Waals surface area contributed by atoms with Crippen molar-refractivity contribution in [3.8, 4) is 0 Å². The lowest BCUT2D eigenvalue weighted by Crippen LogP contribution is -2.33. The van der Waals surface area contributed by atoms with Gasteiger partial charge in [0.15, 0.2) is 0 Å². The van der Waals surface area contributed by atoms with Crippen LogP contribution in [0.5, 0.6) is 0 Å². The molecule has 0 fully saturated rings. The van der Waals surface area contributed by atoms with Gasteiger partial charge >= 0.3 is 0 Å². The lowest BCUT2D eigenvalue weighted by Gasteiger charge is -2.33. The fourth-order valence-corrected chi connectivity index (χ4v) is 3.60. The van der Waals surface area contributed by atoms with Crippen molar-refractivity contribution in [2.45, 2.75) is 24.9 Å². The van der Waals surface area contributed by atoms with Gasteiger partial charge in [0.1, 0.15) is 0 Å². The predicted molar refractivity (Wildman–Crippen MR) is 101 cm³/mol. The van der Waals surface area contributed by atoms with Crippen molar-refractivity contribution in [1.29, 1.82) is 0 Å². The Balaban J connectivity index is 1.81. The van der Waals surface area contributed by atoms with Crippen LogP contribution in [0.1, 0.15) is 30.5 Å². The van der Waals surface area contributed by atoms with E-state index in [1.807, 2.05) is 0 Å². The van der Waals surface area contributed by atoms with Crippen LogP contribution in [0.25, 0.3) is 0 Å². The Morgan fingerprint density at radius 1 is 0.750 bits per heavy atom. The van der Waals surface area contributed by atoms with Crippen molar-refractivity contribution in [3.05, 3.63) is 96.1 Å². The molecule has 0 aliphatic carbocycles.